The Bertz CT molecular complexity index is 732. The van der Waals surface area contributed by atoms with Crippen LogP contribution in [0.3, 0.4) is 0 Å². The van der Waals surface area contributed by atoms with Crippen molar-refractivity contribution in [3.05, 3.63) is 40.5 Å². The molecule has 2 aromatic heterocycles. The van der Waals surface area contributed by atoms with Crippen LogP contribution in [0, 0.1) is 0 Å². The highest BCUT2D eigenvalue weighted by atomic mass is 35.5. The van der Waals surface area contributed by atoms with E-state index in [0.717, 1.165) is 5.39 Å². The van der Waals surface area contributed by atoms with Crippen LogP contribution in [-0.4, -0.2) is 20.3 Å². The molecule has 0 atom stereocenters. The lowest BCUT2D eigenvalue weighted by molar-refractivity contribution is 0.280. The minimum Gasteiger partial charge on any atom is -0.427 e. The Morgan fingerprint density at radius 2 is 2.16 bits per heavy atom. The van der Waals surface area contributed by atoms with Crippen LogP contribution < -0.4 is 4.74 Å². The number of nitrogens with zero attached hydrogens (tertiary/aromatic N) is 3. The zero-order valence-electron chi connectivity index (χ0n) is 9.58. The second kappa shape index (κ2) is 5.08. The predicted octanol–water partition coefficient (Wildman–Crippen LogP) is 3.02. The predicted molar refractivity (Wildman–Crippen MR) is 72.7 cm³/mol. The van der Waals surface area contributed by atoms with Gasteiger partial charge in [0.05, 0.1) is 11.6 Å². The number of halogens is 1. The first-order valence-corrected chi connectivity index (χ1v) is 6.61. The molecule has 2 heterocycles. The van der Waals surface area contributed by atoms with Gasteiger partial charge in [-0.3, -0.25) is 4.98 Å². The van der Waals surface area contributed by atoms with E-state index >= 15 is 0 Å². The molecular formula is C12H8ClN3O2S. The maximum atomic E-state index is 8.95. The molecule has 1 aromatic carbocycles. The lowest BCUT2D eigenvalue weighted by Gasteiger charge is -2.06. The summed E-state index contributed by atoms with van der Waals surface area (Å²) in [6.45, 7) is -0.152. The van der Waals surface area contributed by atoms with Crippen LogP contribution in [0.15, 0.2) is 30.5 Å². The van der Waals surface area contributed by atoms with E-state index in [1.54, 1.807) is 18.3 Å². The normalized spacial score (nSPS) is 10.8. The van der Waals surface area contributed by atoms with E-state index in [1.807, 2.05) is 12.1 Å². The van der Waals surface area contributed by atoms with Crippen LogP contribution >= 0.6 is 22.9 Å². The molecule has 0 saturated heterocycles. The third-order valence-corrected chi connectivity index (χ3v) is 3.58. The fraction of sp³-hybridized carbons (Fsp3) is 0.0833. The van der Waals surface area contributed by atoms with Gasteiger partial charge in [0.25, 0.3) is 5.19 Å². The van der Waals surface area contributed by atoms with Crippen LogP contribution in [0.5, 0.6) is 10.9 Å². The third-order valence-electron chi connectivity index (χ3n) is 2.46. The molecule has 0 radical (unpaired) electrons. The van der Waals surface area contributed by atoms with Gasteiger partial charge in [0, 0.05) is 11.6 Å². The number of pyridine rings is 1. The summed E-state index contributed by atoms with van der Waals surface area (Å²) in [7, 11) is 0. The second-order valence-corrected chi connectivity index (χ2v) is 5.10. The van der Waals surface area contributed by atoms with Crippen molar-refractivity contribution in [2.24, 2.45) is 0 Å². The number of aliphatic hydroxyl groups is 1. The summed E-state index contributed by atoms with van der Waals surface area (Å²) in [5.74, 6) is 0.556. The fourth-order valence-electron chi connectivity index (χ4n) is 1.63. The zero-order chi connectivity index (χ0) is 13.2. The first kappa shape index (κ1) is 12.3. The number of hydrogen-bond donors (Lipinski definition) is 1. The molecule has 0 aliphatic rings. The minimum absolute atomic E-state index is 0.152. The van der Waals surface area contributed by atoms with Crippen LogP contribution in [0.25, 0.3) is 10.9 Å². The maximum absolute atomic E-state index is 8.95. The van der Waals surface area contributed by atoms with Crippen molar-refractivity contribution < 1.29 is 9.84 Å². The molecule has 0 spiro atoms. The van der Waals surface area contributed by atoms with Gasteiger partial charge < -0.3 is 9.84 Å². The van der Waals surface area contributed by atoms with E-state index in [9.17, 15) is 0 Å². The number of rotatable bonds is 3. The molecule has 19 heavy (non-hydrogen) atoms. The van der Waals surface area contributed by atoms with Crippen molar-refractivity contribution in [1.82, 2.24) is 15.2 Å². The summed E-state index contributed by atoms with van der Waals surface area (Å²) in [5, 5.41) is 18.8. The van der Waals surface area contributed by atoms with Crippen LogP contribution in [0.1, 0.15) is 5.01 Å². The van der Waals surface area contributed by atoms with E-state index in [-0.39, 0.29) is 6.61 Å². The molecule has 0 aliphatic heterocycles. The van der Waals surface area contributed by atoms with Crippen LogP contribution in [-0.2, 0) is 6.61 Å². The van der Waals surface area contributed by atoms with E-state index < -0.39 is 0 Å². The molecule has 96 valence electrons. The Labute approximate surface area is 117 Å². The first-order chi connectivity index (χ1) is 9.28. The molecular weight excluding hydrogens is 286 g/mol. The van der Waals surface area contributed by atoms with Gasteiger partial charge in [0.15, 0.2) is 5.75 Å². The maximum Gasteiger partial charge on any atom is 0.299 e. The molecule has 3 rings (SSSR count). The van der Waals surface area contributed by atoms with Crippen molar-refractivity contribution in [3.8, 4) is 10.9 Å². The van der Waals surface area contributed by atoms with Gasteiger partial charge in [-0.05, 0) is 24.3 Å². The Balaban J connectivity index is 2.03. The summed E-state index contributed by atoms with van der Waals surface area (Å²) < 4.78 is 5.64. The number of aromatic nitrogens is 3. The molecule has 0 fully saturated rings. The van der Waals surface area contributed by atoms with Crippen molar-refractivity contribution in [3.63, 3.8) is 0 Å². The second-order valence-electron chi connectivity index (χ2n) is 3.67. The molecule has 7 heteroatoms. The molecule has 0 bridgehead atoms. The Hall–Kier alpha value is -1.76. The monoisotopic (exact) mass is 293 g/mol. The first-order valence-electron chi connectivity index (χ1n) is 5.42. The van der Waals surface area contributed by atoms with Gasteiger partial charge in [0.2, 0.25) is 0 Å². The summed E-state index contributed by atoms with van der Waals surface area (Å²) >= 11 is 7.29. The van der Waals surface area contributed by atoms with Gasteiger partial charge in [-0.2, -0.15) is 0 Å². The molecule has 0 aliphatic carbocycles. The largest absolute Gasteiger partial charge is 0.427 e. The van der Waals surface area contributed by atoms with Gasteiger partial charge in [-0.15, -0.1) is 5.10 Å². The number of aliphatic hydroxyl groups excluding tert-OH is 1. The summed E-state index contributed by atoms with van der Waals surface area (Å²) in [6, 6.07) is 7.16. The lowest BCUT2D eigenvalue weighted by atomic mass is 10.2. The number of ether oxygens (including phenoxy) is 1. The molecule has 0 unspecified atom stereocenters. The lowest BCUT2D eigenvalue weighted by Crippen LogP contribution is -1.88. The molecule has 3 aromatic rings. The van der Waals surface area contributed by atoms with E-state index in [1.165, 1.54) is 11.3 Å². The van der Waals surface area contributed by atoms with Gasteiger partial charge in [-0.25, -0.2) is 0 Å². The zero-order valence-corrected chi connectivity index (χ0v) is 11.1. The summed E-state index contributed by atoms with van der Waals surface area (Å²) in [5.41, 5.74) is 0.663. The molecule has 1 N–H and O–H groups in total. The quantitative estimate of drug-likeness (QED) is 0.804. The van der Waals surface area contributed by atoms with Crippen LogP contribution in [0.2, 0.25) is 5.02 Å². The van der Waals surface area contributed by atoms with Gasteiger partial charge in [-0.1, -0.05) is 28.0 Å². The standard InChI is InChI=1S/C12H8ClN3O2S/c13-8-3-4-9(11-7(8)2-1-5-14-11)18-12-16-15-10(6-17)19-12/h1-5,17H,6H2. The molecule has 0 amide bonds. The Morgan fingerprint density at radius 1 is 1.26 bits per heavy atom. The highest BCUT2D eigenvalue weighted by Crippen LogP contribution is 2.33. The summed E-state index contributed by atoms with van der Waals surface area (Å²) in [6.07, 6.45) is 1.67. The van der Waals surface area contributed by atoms with E-state index in [0.29, 0.717) is 26.5 Å². The van der Waals surface area contributed by atoms with Gasteiger partial charge >= 0.3 is 0 Å². The minimum atomic E-state index is -0.152. The topological polar surface area (TPSA) is 68.1 Å². The highest BCUT2D eigenvalue weighted by Gasteiger charge is 2.10. The van der Waals surface area contributed by atoms with Gasteiger partial charge in [0.1, 0.15) is 10.5 Å². The van der Waals surface area contributed by atoms with Crippen molar-refractivity contribution in [2.45, 2.75) is 6.61 Å². The van der Waals surface area contributed by atoms with Crippen LogP contribution in [0.4, 0.5) is 0 Å². The Morgan fingerprint density at radius 3 is 2.95 bits per heavy atom. The highest BCUT2D eigenvalue weighted by molar-refractivity contribution is 7.13. The van der Waals surface area contributed by atoms with Crippen molar-refractivity contribution in [2.75, 3.05) is 0 Å². The number of benzene rings is 1. The number of hydrogen-bond acceptors (Lipinski definition) is 6. The Kier molecular flexibility index (Phi) is 3.29. The van der Waals surface area contributed by atoms with Crippen molar-refractivity contribution >= 4 is 33.8 Å². The average Bonchev–Trinajstić information content (AvgIpc) is 2.90. The third kappa shape index (κ3) is 2.37. The van der Waals surface area contributed by atoms with Crippen molar-refractivity contribution in [1.29, 1.82) is 0 Å². The smallest absolute Gasteiger partial charge is 0.299 e. The number of fused-ring (bicyclic) bond motifs is 1. The molecule has 5 nitrogen and oxygen atoms in total. The fourth-order valence-corrected chi connectivity index (χ4v) is 2.41. The van der Waals surface area contributed by atoms with E-state index in [2.05, 4.69) is 15.2 Å². The SMILES string of the molecule is OCc1nnc(Oc2ccc(Cl)c3cccnc23)s1. The summed E-state index contributed by atoms with van der Waals surface area (Å²) in [4.78, 5) is 4.26. The molecule has 0 saturated carbocycles. The average molecular weight is 294 g/mol. The van der Waals surface area contributed by atoms with E-state index in [4.69, 9.17) is 21.4 Å².